The van der Waals surface area contributed by atoms with E-state index >= 15 is 0 Å². The van der Waals surface area contributed by atoms with E-state index < -0.39 is 24.2 Å². The van der Waals surface area contributed by atoms with Crippen LogP contribution in [0.5, 0.6) is 0 Å². The molecule has 0 bridgehead atoms. The van der Waals surface area contributed by atoms with E-state index in [0.717, 1.165) is 5.56 Å². The fraction of sp³-hybridized carbons (Fsp3) is 0.500. The molecule has 35 heavy (non-hydrogen) atoms. The lowest BCUT2D eigenvalue weighted by molar-refractivity contribution is -0.192. The number of hydrogen-bond donors (Lipinski definition) is 6. The standard InChI is InChI=1S/C20H30N4O4.C2HF3O2/c1-13(2)10-18(26)24-16(12-19(27)28)4-3-9-23-17(25)11-14-5-7-15(8-6-14)20(21)22;3-2(4,5)1(6)7/h5-8,13,16H,3-4,9-12H2,1-2H3,(H3,21,22)(H,23,25)(H,24,26)(H,27,28);(H,6,7)/t16-;/m0./s1. The number of carboxylic acid groups (broad SMARTS) is 2. The maximum Gasteiger partial charge on any atom is 0.490 e. The smallest absolute Gasteiger partial charge is 0.481 e. The molecule has 0 aliphatic rings. The van der Waals surface area contributed by atoms with Crippen molar-refractivity contribution in [3.63, 3.8) is 0 Å². The van der Waals surface area contributed by atoms with Crippen molar-refractivity contribution in [3.8, 4) is 0 Å². The maximum atomic E-state index is 12.0. The number of carbonyl (C=O) groups is 4. The molecular weight excluding hydrogens is 473 g/mol. The Bertz CT molecular complexity index is 873. The van der Waals surface area contributed by atoms with Gasteiger partial charge < -0.3 is 26.6 Å². The van der Waals surface area contributed by atoms with E-state index in [0.29, 0.717) is 31.4 Å². The summed E-state index contributed by atoms with van der Waals surface area (Å²) in [6.45, 7) is 4.25. The fourth-order valence-electron chi connectivity index (χ4n) is 2.72. The molecule has 0 saturated heterocycles. The van der Waals surface area contributed by atoms with Crippen LogP contribution in [-0.2, 0) is 25.6 Å². The molecule has 0 saturated carbocycles. The van der Waals surface area contributed by atoms with Crippen LogP contribution < -0.4 is 16.4 Å². The van der Waals surface area contributed by atoms with Gasteiger partial charge in [0.15, 0.2) is 0 Å². The second-order valence-electron chi connectivity index (χ2n) is 8.04. The quantitative estimate of drug-likeness (QED) is 0.143. The van der Waals surface area contributed by atoms with E-state index in [4.69, 9.17) is 26.2 Å². The van der Waals surface area contributed by atoms with Gasteiger partial charge in [-0.1, -0.05) is 38.1 Å². The Morgan fingerprint density at radius 2 is 1.57 bits per heavy atom. The lowest BCUT2D eigenvalue weighted by Gasteiger charge is -2.18. The number of rotatable bonds is 12. The number of alkyl halides is 3. The van der Waals surface area contributed by atoms with E-state index in [1.165, 1.54) is 0 Å². The topological polar surface area (TPSA) is 183 Å². The van der Waals surface area contributed by atoms with Gasteiger partial charge in [-0.25, -0.2) is 4.79 Å². The van der Waals surface area contributed by atoms with Crippen molar-refractivity contribution in [2.45, 2.75) is 58.2 Å². The average molecular weight is 505 g/mol. The zero-order valence-electron chi connectivity index (χ0n) is 19.4. The van der Waals surface area contributed by atoms with Gasteiger partial charge in [0.1, 0.15) is 5.84 Å². The summed E-state index contributed by atoms with van der Waals surface area (Å²) in [4.78, 5) is 43.7. The van der Waals surface area contributed by atoms with Crippen LogP contribution in [0.25, 0.3) is 0 Å². The molecule has 0 spiro atoms. The number of aliphatic carboxylic acids is 2. The highest BCUT2D eigenvalue weighted by molar-refractivity contribution is 5.95. The summed E-state index contributed by atoms with van der Waals surface area (Å²) in [5, 5.41) is 29.0. The zero-order valence-corrected chi connectivity index (χ0v) is 19.4. The second kappa shape index (κ2) is 15.3. The Morgan fingerprint density at radius 1 is 1.03 bits per heavy atom. The molecule has 1 rings (SSSR count). The number of benzene rings is 1. The molecule has 196 valence electrons. The summed E-state index contributed by atoms with van der Waals surface area (Å²) in [5.74, 6) is -3.84. The van der Waals surface area contributed by atoms with Crippen molar-refractivity contribution in [2.24, 2.45) is 11.7 Å². The number of amidine groups is 1. The number of amides is 2. The first-order chi connectivity index (χ1) is 16.1. The van der Waals surface area contributed by atoms with Crippen LogP contribution in [0, 0.1) is 11.3 Å². The van der Waals surface area contributed by atoms with Gasteiger partial charge in [0.25, 0.3) is 0 Å². The molecule has 2 amide bonds. The molecule has 1 aromatic rings. The van der Waals surface area contributed by atoms with Crippen LogP contribution in [0.2, 0.25) is 0 Å². The Kier molecular flexibility index (Phi) is 13.7. The predicted molar refractivity (Wildman–Crippen MR) is 121 cm³/mol. The lowest BCUT2D eigenvalue weighted by Crippen LogP contribution is -2.37. The molecule has 0 aromatic heterocycles. The third-order valence-electron chi connectivity index (χ3n) is 4.30. The molecular formula is C22H31F3N4O6. The molecule has 0 heterocycles. The van der Waals surface area contributed by atoms with E-state index in [1.807, 2.05) is 13.8 Å². The Hall–Kier alpha value is -3.64. The Morgan fingerprint density at radius 3 is 2.00 bits per heavy atom. The van der Waals surface area contributed by atoms with Gasteiger partial charge in [-0.15, -0.1) is 0 Å². The van der Waals surface area contributed by atoms with Gasteiger partial charge in [0.05, 0.1) is 12.8 Å². The summed E-state index contributed by atoms with van der Waals surface area (Å²) in [6, 6.07) is 6.45. The molecule has 0 radical (unpaired) electrons. The summed E-state index contributed by atoms with van der Waals surface area (Å²) >= 11 is 0. The minimum Gasteiger partial charge on any atom is -0.481 e. The van der Waals surface area contributed by atoms with E-state index in [-0.39, 0.29) is 36.4 Å². The number of carboxylic acids is 2. The van der Waals surface area contributed by atoms with E-state index in [2.05, 4.69) is 10.6 Å². The summed E-state index contributed by atoms with van der Waals surface area (Å²) in [6.07, 6.45) is -3.62. The minimum atomic E-state index is -5.08. The number of nitrogen functional groups attached to an aromatic ring is 1. The molecule has 1 aromatic carbocycles. The molecule has 0 aliphatic heterocycles. The first-order valence-corrected chi connectivity index (χ1v) is 10.6. The Balaban J connectivity index is 0.00000143. The number of nitrogens with two attached hydrogens (primary N) is 1. The first-order valence-electron chi connectivity index (χ1n) is 10.6. The monoisotopic (exact) mass is 504 g/mol. The highest BCUT2D eigenvalue weighted by atomic mass is 19.4. The van der Waals surface area contributed by atoms with Gasteiger partial charge in [0.2, 0.25) is 11.8 Å². The normalized spacial score (nSPS) is 11.6. The molecule has 0 aliphatic carbocycles. The number of carbonyl (C=O) groups excluding carboxylic acids is 2. The van der Waals surface area contributed by atoms with Crippen molar-refractivity contribution >= 4 is 29.6 Å². The SMILES string of the molecule is CC(C)CC(=O)N[C@@H](CCCNC(=O)Cc1ccc(C(=N)N)cc1)CC(=O)O.O=C(O)C(F)(F)F. The maximum absolute atomic E-state index is 12.0. The summed E-state index contributed by atoms with van der Waals surface area (Å²) in [5.41, 5.74) is 6.81. The summed E-state index contributed by atoms with van der Waals surface area (Å²) in [7, 11) is 0. The largest absolute Gasteiger partial charge is 0.490 e. The molecule has 7 N–H and O–H groups in total. The minimum absolute atomic E-state index is 0.0209. The number of nitrogens with one attached hydrogen (secondary N) is 3. The average Bonchev–Trinajstić information content (AvgIpc) is 2.70. The predicted octanol–water partition coefficient (Wildman–Crippen LogP) is 2.05. The fourth-order valence-corrected chi connectivity index (χ4v) is 2.72. The molecule has 1 atom stereocenters. The van der Waals surface area contributed by atoms with Crippen LogP contribution in [0.15, 0.2) is 24.3 Å². The molecule has 0 unspecified atom stereocenters. The number of halogens is 3. The van der Waals surface area contributed by atoms with Gasteiger partial charge in [-0.2, -0.15) is 13.2 Å². The van der Waals surface area contributed by atoms with E-state index in [1.54, 1.807) is 24.3 Å². The van der Waals surface area contributed by atoms with Crippen LogP contribution in [-0.4, -0.2) is 58.6 Å². The van der Waals surface area contributed by atoms with Crippen LogP contribution in [0.4, 0.5) is 13.2 Å². The highest BCUT2D eigenvalue weighted by Gasteiger charge is 2.38. The third-order valence-corrected chi connectivity index (χ3v) is 4.30. The van der Waals surface area contributed by atoms with Gasteiger partial charge in [0, 0.05) is 24.6 Å². The summed E-state index contributed by atoms with van der Waals surface area (Å²) < 4.78 is 31.7. The Labute approximate surface area is 200 Å². The number of hydrogen-bond acceptors (Lipinski definition) is 5. The van der Waals surface area contributed by atoms with Gasteiger partial charge >= 0.3 is 18.1 Å². The second-order valence-corrected chi connectivity index (χ2v) is 8.04. The third kappa shape index (κ3) is 15.8. The van der Waals surface area contributed by atoms with Crippen molar-refractivity contribution in [2.75, 3.05) is 6.54 Å². The zero-order chi connectivity index (χ0) is 27.2. The highest BCUT2D eigenvalue weighted by Crippen LogP contribution is 2.13. The van der Waals surface area contributed by atoms with Crippen molar-refractivity contribution in [1.82, 2.24) is 10.6 Å². The lowest BCUT2D eigenvalue weighted by atomic mass is 10.1. The first kappa shape index (κ1) is 31.4. The van der Waals surface area contributed by atoms with E-state index in [9.17, 15) is 27.6 Å². The van der Waals surface area contributed by atoms with Crippen LogP contribution in [0.3, 0.4) is 0 Å². The van der Waals surface area contributed by atoms with Crippen molar-refractivity contribution in [1.29, 1.82) is 5.41 Å². The van der Waals surface area contributed by atoms with Crippen molar-refractivity contribution < 1.29 is 42.6 Å². The van der Waals surface area contributed by atoms with Crippen molar-refractivity contribution in [3.05, 3.63) is 35.4 Å². The molecule has 10 nitrogen and oxygen atoms in total. The van der Waals surface area contributed by atoms with Gasteiger partial charge in [-0.3, -0.25) is 19.8 Å². The molecule has 13 heteroatoms. The van der Waals surface area contributed by atoms with Gasteiger partial charge in [-0.05, 0) is 24.3 Å². The van der Waals surface area contributed by atoms with Crippen LogP contribution >= 0.6 is 0 Å². The molecule has 0 fully saturated rings. The van der Waals surface area contributed by atoms with Crippen LogP contribution in [0.1, 0.15) is 50.7 Å².